The molecule has 0 saturated carbocycles. The summed E-state index contributed by atoms with van der Waals surface area (Å²) in [6.07, 6.45) is 3.91. The maximum atomic E-state index is 4.38. The van der Waals surface area contributed by atoms with Crippen LogP contribution in [0.15, 0.2) is 96.0 Å². The average molecular weight is 311 g/mol. The Balaban J connectivity index is 2.07. The molecule has 0 N–H and O–H groups in total. The van der Waals surface area contributed by atoms with Crippen molar-refractivity contribution >= 4 is 12.6 Å². The van der Waals surface area contributed by atoms with Crippen molar-refractivity contribution in [3.63, 3.8) is 0 Å². The quantitative estimate of drug-likeness (QED) is 0.509. The van der Waals surface area contributed by atoms with E-state index in [4.69, 9.17) is 0 Å². The molecule has 0 bridgehead atoms. The van der Waals surface area contributed by atoms with Gasteiger partial charge >= 0.3 is 0 Å². The lowest BCUT2D eigenvalue weighted by Crippen LogP contribution is -2.42. The highest BCUT2D eigenvalue weighted by Crippen LogP contribution is 2.40. The molecule has 2 heteroatoms. The summed E-state index contributed by atoms with van der Waals surface area (Å²) < 4.78 is 2.31. The highest BCUT2D eigenvalue weighted by atomic mass is 15.2. The van der Waals surface area contributed by atoms with Crippen LogP contribution in [0.2, 0.25) is 0 Å². The third-order valence-corrected chi connectivity index (χ3v) is 4.60. The molecule has 3 aromatic carbocycles. The summed E-state index contributed by atoms with van der Waals surface area (Å²) in [5.41, 5.74) is 3.33. The van der Waals surface area contributed by atoms with Crippen LogP contribution in [0.4, 0.5) is 0 Å². The molecule has 0 aromatic heterocycles. The van der Waals surface area contributed by atoms with Gasteiger partial charge in [-0.15, -0.1) is 0 Å². The first-order valence-corrected chi connectivity index (χ1v) is 8.20. The van der Waals surface area contributed by atoms with Gasteiger partial charge in [-0.1, -0.05) is 96.0 Å². The molecule has 1 heterocycles. The molecule has 116 valence electrons. The lowest BCUT2D eigenvalue weighted by atomic mass is 9.76. The maximum Gasteiger partial charge on any atom is 0.282 e. The second-order valence-corrected chi connectivity index (χ2v) is 5.91. The van der Waals surface area contributed by atoms with Gasteiger partial charge < -0.3 is 0 Å². The van der Waals surface area contributed by atoms with E-state index in [1.807, 2.05) is 12.6 Å². The smallest absolute Gasteiger partial charge is 0.239 e. The van der Waals surface area contributed by atoms with Gasteiger partial charge in [0.05, 0.1) is 0 Å². The molecule has 24 heavy (non-hydrogen) atoms. The second-order valence-electron chi connectivity index (χ2n) is 5.91. The minimum Gasteiger partial charge on any atom is -0.239 e. The predicted octanol–water partition coefficient (Wildman–Crippen LogP) is 4.10. The van der Waals surface area contributed by atoms with Gasteiger partial charge in [0, 0.05) is 16.7 Å². The van der Waals surface area contributed by atoms with E-state index in [1.54, 1.807) is 0 Å². The van der Waals surface area contributed by atoms with Crippen LogP contribution in [0.25, 0.3) is 0 Å². The van der Waals surface area contributed by atoms with Crippen LogP contribution in [0.1, 0.15) is 16.7 Å². The molecule has 0 atom stereocenters. The van der Waals surface area contributed by atoms with Crippen molar-refractivity contribution < 1.29 is 4.58 Å². The Hall–Kier alpha value is -3.00. The molecule has 0 spiro atoms. The number of rotatable bonds is 4. The zero-order chi connectivity index (χ0) is 16.2. The lowest BCUT2D eigenvalue weighted by Gasteiger charge is -2.34. The van der Waals surface area contributed by atoms with Crippen LogP contribution in [-0.4, -0.2) is 23.7 Å². The van der Waals surface area contributed by atoms with E-state index in [0.29, 0.717) is 0 Å². The molecule has 3 aromatic rings. The fraction of sp³-hybridized carbons (Fsp3) is 0.0909. The molecule has 0 unspecified atom stereocenters. The van der Waals surface area contributed by atoms with Gasteiger partial charge in [0.1, 0.15) is 6.54 Å². The minimum atomic E-state index is -0.389. The van der Waals surface area contributed by atoms with E-state index >= 15 is 0 Å². The van der Waals surface area contributed by atoms with Crippen molar-refractivity contribution in [2.24, 2.45) is 4.99 Å². The maximum absolute atomic E-state index is 4.38. The van der Waals surface area contributed by atoms with Crippen molar-refractivity contribution in [1.29, 1.82) is 0 Å². The average Bonchev–Trinajstić information content (AvgIpc) is 3.20. The van der Waals surface area contributed by atoms with E-state index in [2.05, 4.69) is 101 Å². The summed E-state index contributed by atoms with van der Waals surface area (Å²) in [6.45, 7) is 0.790. The topological polar surface area (TPSA) is 15.4 Å². The largest absolute Gasteiger partial charge is 0.282 e. The summed E-state index contributed by atoms with van der Waals surface area (Å²) >= 11 is 0. The van der Waals surface area contributed by atoms with Crippen molar-refractivity contribution in [3.05, 3.63) is 108 Å². The minimum absolute atomic E-state index is 0.389. The van der Waals surface area contributed by atoms with Crippen LogP contribution in [0, 0.1) is 0 Å². The molecule has 4 rings (SSSR count). The number of aliphatic imine (C=N–C) groups is 1. The highest BCUT2D eigenvalue weighted by Gasteiger charge is 2.44. The van der Waals surface area contributed by atoms with Gasteiger partial charge in [-0.2, -0.15) is 0 Å². The summed E-state index contributed by atoms with van der Waals surface area (Å²) in [7, 11) is 0. The highest BCUT2D eigenvalue weighted by molar-refractivity contribution is 5.75. The van der Waals surface area contributed by atoms with E-state index in [9.17, 15) is 0 Å². The molecular weight excluding hydrogens is 292 g/mol. The molecule has 0 radical (unpaired) electrons. The first-order chi connectivity index (χ1) is 11.9. The molecule has 0 saturated heterocycles. The van der Waals surface area contributed by atoms with Gasteiger partial charge in [0.2, 0.25) is 0 Å². The zero-order valence-electron chi connectivity index (χ0n) is 13.4. The van der Waals surface area contributed by atoms with Crippen molar-refractivity contribution in [1.82, 2.24) is 0 Å². The SMILES string of the molecule is C1=NC=[N+](C(c2ccccc2)(c2ccccc2)c2ccccc2)C1. The Morgan fingerprint density at radius 3 is 1.38 bits per heavy atom. The van der Waals surface area contributed by atoms with Gasteiger partial charge in [-0.25, -0.2) is 4.58 Å². The molecule has 0 amide bonds. The molecule has 0 aliphatic carbocycles. The Labute approximate surface area is 142 Å². The molecule has 1 aliphatic rings. The van der Waals surface area contributed by atoms with E-state index in [-0.39, 0.29) is 5.54 Å². The third-order valence-electron chi connectivity index (χ3n) is 4.60. The summed E-state index contributed by atoms with van der Waals surface area (Å²) in [5.74, 6) is 0. The third kappa shape index (κ3) is 2.28. The fourth-order valence-corrected chi connectivity index (χ4v) is 3.57. The Morgan fingerprint density at radius 1 is 0.625 bits per heavy atom. The van der Waals surface area contributed by atoms with E-state index in [0.717, 1.165) is 6.54 Å². The van der Waals surface area contributed by atoms with Gasteiger partial charge in [0.15, 0.2) is 11.8 Å². The first kappa shape index (κ1) is 14.6. The van der Waals surface area contributed by atoms with Gasteiger partial charge in [-0.05, 0) is 0 Å². The van der Waals surface area contributed by atoms with Crippen LogP contribution in [0.5, 0.6) is 0 Å². The van der Waals surface area contributed by atoms with E-state index < -0.39 is 0 Å². The van der Waals surface area contributed by atoms with Crippen LogP contribution in [-0.2, 0) is 5.54 Å². The molecule has 2 nitrogen and oxygen atoms in total. The number of nitrogens with zero attached hydrogens (tertiary/aromatic N) is 2. The Bertz CT molecular complexity index is 769. The lowest BCUT2D eigenvalue weighted by molar-refractivity contribution is -0.575. The van der Waals surface area contributed by atoms with Crippen molar-refractivity contribution in [2.45, 2.75) is 5.54 Å². The van der Waals surface area contributed by atoms with E-state index in [1.165, 1.54) is 16.7 Å². The molecule has 1 aliphatic heterocycles. The van der Waals surface area contributed by atoms with Crippen LogP contribution in [0.3, 0.4) is 0 Å². The predicted molar refractivity (Wildman–Crippen MR) is 98.9 cm³/mol. The first-order valence-electron chi connectivity index (χ1n) is 8.20. The van der Waals surface area contributed by atoms with Crippen LogP contribution >= 0.6 is 0 Å². The summed E-state index contributed by atoms with van der Waals surface area (Å²) in [6, 6.07) is 32.0. The van der Waals surface area contributed by atoms with Crippen LogP contribution < -0.4 is 0 Å². The molecule has 0 fully saturated rings. The van der Waals surface area contributed by atoms with Crippen molar-refractivity contribution in [2.75, 3.05) is 6.54 Å². The normalized spacial score (nSPS) is 13.8. The van der Waals surface area contributed by atoms with Gasteiger partial charge in [0.25, 0.3) is 6.34 Å². The second kappa shape index (κ2) is 6.25. The fourth-order valence-electron chi connectivity index (χ4n) is 3.57. The Kier molecular flexibility index (Phi) is 3.80. The van der Waals surface area contributed by atoms with Gasteiger partial charge in [-0.3, -0.25) is 0 Å². The number of hydrogen-bond donors (Lipinski definition) is 0. The standard InChI is InChI=1S/C22H19N2/c1-4-10-19(11-5-1)22(24-17-16-23-18-24,20-12-6-2-7-13-20)21-14-8-3-9-15-21/h1-16,18H,17H2/q+1. The zero-order valence-corrected chi connectivity index (χ0v) is 13.4. The Morgan fingerprint density at radius 2 is 1.04 bits per heavy atom. The summed E-state index contributed by atoms with van der Waals surface area (Å²) in [5, 5.41) is 0. The summed E-state index contributed by atoms with van der Waals surface area (Å²) in [4.78, 5) is 4.38. The van der Waals surface area contributed by atoms with Crippen molar-refractivity contribution in [3.8, 4) is 0 Å². The monoisotopic (exact) mass is 311 g/mol. The number of benzene rings is 3. The molecular formula is C22H19N2+. The number of hydrogen-bond acceptors (Lipinski definition) is 1.